The molecule has 0 aliphatic rings. The van der Waals surface area contributed by atoms with Crippen molar-refractivity contribution in [2.75, 3.05) is 5.32 Å². The molecule has 0 radical (unpaired) electrons. The molecule has 7 heteroatoms. The molecule has 2 aromatic heterocycles. The summed E-state index contributed by atoms with van der Waals surface area (Å²) < 4.78 is 3.39. The SMILES string of the molecule is CCn1ncc(NC(=O)C(C)n2cc(Cl)c(C)n2)c1C. The monoisotopic (exact) mass is 295 g/mol. The van der Waals surface area contributed by atoms with Gasteiger partial charge < -0.3 is 5.32 Å². The number of amides is 1. The van der Waals surface area contributed by atoms with Crippen LogP contribution in [-0.2, 0) is 11.3 Å². The first-order valence-corrected chi connectivity index (χ1v) is 6.86. The zero-order valence-electron chi connectivity index (χ0n) is 12.0. The lowest BCUT2D eigenvalue weighted by atomic mass is 10.3. The van der Waals surface area contributed by atoms with Gasteiger partial charge in [0.05, 0.1) is 28.3 Å². The van der Waals surface area contributed by atoms with Crippen LogP contribution in [0.2, 0.25) is 5.02 Å². The Balaban J connectivity index is 2.13. The minimum atomic E-state index is -0.439. The molecule has 0 aliphatic carbocycles. The van der Waals surface area contributed by atoms with Gasteiger partial charge in [0.25, 0.3) is 0 Å². The van der Waals surface area contributed by atoms with Gasteiger partial charge in [-0.3, -0.25) is 14.2 Å². The van der Waals surface area contributed by atoms with E-state index in [-0.39, 0.29) is 5.91 Å². The van der Waals surface area contributed by atoms with Gasteiger partial charge in [-0.1, -0.05) is 11.6 Å². The zero-order valence-corrected chi connectivity index (χ0v) is 12.8. The molecule has 1 unspecified atom stereocenters. The molecule has 2 aromatic rings. The Kier molecular flexibility index (Phi) is 4.13. The summed E-state index contributed by atoms with van der Waals surface area (Å²) >= 11 is 5.96. The number of rotatable bonds is 4. The maximum Gasteiger partial charge on any atom is 0.249 e. The highest BCUT2D eigenvalue weighted by Crippen LogP contribution is 2.19. The quantitative estimate of drug-likeness (QED) is 0.943. The van der Waals surface area contributed by atoms with Crippen LogP contribution >= 0.6 is 11.6 Å². The van der Waals surface area contributed by atoms with E-state index in [4.69, 9.17) is 11.6 Å². The predicted octanol–water partition coefficient (Wildman–Crippen LogP) is 2.57. The topological polar surface area (TPSA) is 64.7 Å². The van der Waals surface area contributed by atoms with Crippen LogP contribution in [0.3, 0.4) is 0 Å². The maximum absolute atomic E-state index is 12.2. The van der Waals surface area contributed by atoms with E-state index in [9.17, 15) is 4.79 Å². The van der Waals surface area contributed by atoms with Crippen LogP contribution in [0.25, 0.3) is 0 Å². The van der Waals surface area contributed by atoms with Crippen LogP contribution in [0.15, 0.2) is 12.4 Å². The third-order valence-corrected chi connectivity index (χ3v) is 3.66. The number of carbonyl (C=O) groups is 1. The Hall–Kier alpha value is -1.82. The molecule has 108 valence electrons. The summed E-state index contributed by atoms with van der Waals surface area (Å²) in [4.78, 5) is 12.2. The van der Waals surface area contributed by atoms with E-state index in [1.54, 1.807) is 30.9 Å². The van der Waals surface area contributed by atoms with Gasteiger partial charge in [-0.15, -0.1) is 0 Å². The summed E-state index contributed by atoms with van der Waals surface area (Å²) in [5, 5.41) is 11.8. The first-order chi connectivity index (χ1) is 9.43. The van der Waals surface area contributed by atoms with Gasteiger partial charge in [-0.2, -0.15) is 10.2 Å². The number of hydrogen-bond donors (Lipinski definition) is 1. The Morgan fingerprint density at radius 1 is 1.50 bits per heavy atom. The molecule has 6 nitrogen and oxygen atoms in total. The smallest absolute Gasteiger partial charge is 0.249 e. The maximum atomic E-state index is 12.2. The standard InChI is InChI=1S/C13H18ClN5O/c1-5-18-9(3)12(6-15-18)16-13(20)10(4)19-7-11(14)8(2)17-19/h6-7,10H,5H2,1-4H3,(H,16,20). The fourth-order valence-electron chi connectivity index (χ4n) is 1.90. The second-order valence-corrected chi connectivity index (χ2v) is 5.07. The fraction of sp³-hybridized carbons (Fsp3) is 0.462. The van der Waals surface area contributed by atoms with Gasteiger partial charge in [-0.05, 0) is 27.7 Å². The van der Waals surface area contributed by atoms with E-state index in [1.165, 1.54) is 0 Å². The van der Waals surface area contributed by atoms with Gasteiger partial charge in [0.1, 0.15) is 6.04 Å². The van der Waals surface area contributed by atoms with Crippen LogP contribution in [0.5, 0.6) is 0 Å². The number of aryl methyl sites for hydroxylation is 2. The van der Waals surface area contributed by atoms with Crippen molar-refractivity contribution in [3.63, 3.8) is 0 Å². The molecule has 0 spiro atoms. The molecule has 0 aliphatic heterocycles. The number of anilines is 1. The molecule has 1 amide bonds. The summed E-state index contributed by atoms with van der Waals surface area (Å²) in [6.45, 7) is 8.27. The molecule has 1 N–H and O–H groups in total. The second-order valence-electron chi connectivity index (χ2n) is 4.67. The summed E-state index contributed by atoms with van der Waals surface area (Å²) in [5.41, 5.74) is 2.36. The number of nitrogens with one attached hydrogen (secondary N) is 1. The molecule has 2 rings (SSSR count). The number of aromatic nitrogens is 4. The number of halogens is 1. The van der Waals surface area contributed by atoms with Crippen molar-refractivity contribution in [1.29, 1.82) is 0 Å². The van der Waals surface area contributed by atoms with E-state index in [0.29, 0.717) is 10.7 Å². The lowest BCUT2D eigenvalue weighted by Gasteiger charge is -2.12. The van der Waals surface area contributed by atoms with Gasteiger partial charge in [0.2, 0.25) is 5.91 Å². The van der Waals surface area contributed by atoms with Crippen LogP contribution in [0.1, 0.15) is 31.3 Å². The molecule has 0 saturated heterocycles. The minimum absolute atomic E-state index is 0.150. The van der Waals surface area contributed by atoms with E-state index in [1.807, 2.05) is 18.5 Å². The van der Waals surface area contributed by atoms with Crippen molar-refractivity contribution in [2.45, 2.75) is 40.3 Å². The van der Waals surface area contributed by atoms with Crippen molar-refractivity contribution in [2.24, 2.45) is 0 Å². The molecule has 0 fully saturated rings. The van der Waals surface area contributed by atoms with Gasteiger partial charge in [-0.25, -0.2) is 0 Å². The van der Waals surface area contributed by atoms with Gasteiger partial charge in [0, 0.05) is 12.7 Å². The second kappa shape index (κ2) is 5.66. The van der Waals surface area contributed by atoms with Gasteiger partial charge in [0.15, 0.2) is 0 Å². The van der Waals surface area contributed by atoms with E-state index >= 15 is 0 Å². The third kappa shape index (κ3) is 2.70. The van der Waals surface area contributed by atoms with Crippen molar-refractivity contribution >= 4 is 23.2 Å². The molecule has 1 atom stereocenters. The average molecular weight is 296 g/mol. The number of nitrogens with zero attached hydrogens (tertiary/aromatic N) is 4. The molecule has 2 heterocycles. The molecule has 0 aromatic carbocycles. The lowest BCUT2D eigenvalue weighted by molar-refractivity contribution is -0.119. The molecule has 0 bridgehead atoms. The Morgan fingerprint density at radius 3 is 2.70 bits per heavy atom. The lowest BCUT2D eigenvalue weighted by Crippen LogP contribution is -2.24. The average Bonchev–Trinajstić information content (AvgIpc) is 2.93. The highest BCUT2D eigenvalue weighted by Gasteiger charge is 2.18. The Bertz CT molecular complexity index is 611. The fourth-order valence-corrected chi connectivity index (χ4v) is 2.04. The van der Waals surface area contributed by atoms with Crippen LogP contribution in [0, 0.1) is 13.8 Å². The Labute approximate surface area is 122 Å². The molecule has 0 saturated carbocycles. The first-order valence-electron chi connectivity index (χ1n) is 6.48. The van der Waals surface area contributed by atoms with Crippen molar-refractivity contribution in [3.05, 3.63) is 28.8 Å². The highest BCUT2D eigenvalue weighted by atomic mass is 35.5. The van der Waals surface area contributed by atoms with E-state index in [0.717, 1.165) is 17.9 Å². The van der Waals surface area contributed by atoms with E-state index < -0.39 is 6.04 Å². The summed E-state index contributed by atoms with van der Waals surface area (Å²) in [6, 6.07) is -0.439. The summed E-state index contributed by atoms with van der Waals surface area (Å²) in [7, 11) is 0. The highest BCUT2D eigenvalue weighted by molar-refractivity contribution is 6.31. The number of carbonyl (C=O) groups excluding carboxylic acids is 1. The van der Waals surface area contributed by atoms with Crippen molar-refractivity contribution in [1.82, 2.24) is 19.6 Å². The molecule has 20 heavy (non-hydrogen) atoms. The third-order valence-electron chi connectivity index (χ3n) is 3.29. The van der Waals surface area contributed by atoms with Crippen LogP contribution in [-0.4, -0.2) is 25.5 Å². The normalized spacial score (nSPS) is 12.4. The largest absolute Gasteiger partial charge is 0.321 e. The van der Waals surface area contributed by atoms with Crippen molar-refractivity contribution in [3.8, 4) is 0 Å². The zero-order chi connectivity index (χ0) is 14.9. The molecular formula is C13H18ClN5O. The number of hydrogen-bond acceptors (Lipinski definition) is 3. The minimum Gasteiger partial charge on any atom is -0.321 e. The van der Waals surface area contributed by atoms with E-state index in [2.05, 4.69) is 15.5 Å². The molecular weight excluding hydrogens is 278 g/mol. The van der Waals surface area contributed by atoms with Crippen molar-refractivity contribution < 1.29 is 4.79 Å². The van der Waals surface area contributed by atoms with Gasteiger partial charge >= 0.3 is 0 Å². The summed E-state index contributed by atoms with van der Waals surface area (Å²) in [6.07, 6.45) is 3.31. The van der Waals surface area contributed by atoms with Crippen LogP contribution in [0.4, 0.5) is 5.69 Å². The summed E-state index contributed by atoms with van der Waals surface area (Å²) in [5.74, 6) is -0.150. The predicted molar refractivity (Wildman–Crippen MR) is 78.0 cm³/mol. The first kappa shape index (κ1) is 14.6. The van der Waals surface area contributed by atoms with Crippen LogP contribution < -0.4 is 5.32 Å². The Morgan fingerprint density at radius 2 is 2.20 bits per heavy atom.